The standard InChI is InChI=1S/C27H46N8O4/c1-3-20(2)22-6-4-21(5-7-22)14-23-15-34(18-26(30)38)11-10-32(16-24(28)36)8-9-33(17-25(29)37)12-13-35(23)19-27(31)39/h4-7,20,23H,3,8-19H2,1-2H3,(H2,28,36)(H2,29,37)(H2,30,38)(H2,31,39). The lowest BCUT2D eigenvalue weighted by atomic mass is 9.95. The summed E-state index contributed by atoms with van der Waals surface area (Å²) in [6.07, 6.45) is 1.66. The highest BCUT2D eigenvalue weighted by molar-refractivity contribution is 5.77. The van der Waals surface area contributed by atoms with Crippen molar-refractivity contribution in [2.24, 2.45) is 22.9 Å². The molecule has 39 heavy (non-hydrogen) atoms. The first-order valence-corrected chi connectivity index (χ1v) is 13.6. The topological polar surface area (TPSA) is 185 Å². The van der Waals surface area contributed by atoms with E-state index >= 15 is 0 Å². The molecule has 1 aliphatic rings. The molecule has 2 atom stereocenters. The van der Waals surface area contributed by atoms with E-state index in [-0.39, 0.29) is 32.2 Å². The first-order chi connectivity index (χ1) is 18.5. The number of primary amides is 4. The normalized spacial score (nSPS) is 20.0. The number of amides is 4. The summed E-state index contributed by atoms with van der Waals surface area (Å²) in [7, 11) is 0. The minimum Gasteiger partial charge on any atom is -0.369 e. The Labute approximate surface area is 231 Å². The number of hydrogen-bond donors (Lipinski definition) is 4. The Morgan fingerprint density at radius 1 is 0.718 bits per heavy atom. The van der Waals surface area contributed by atoms with Crippen molar-refractivity contribution in [2.45, 2.75) is 38.6 Å². The van der Waals surface area contributed by atoms with Crippen LogP contribution in [0.15, 0.2) is 24.3 Å². The molecule has 12 heteroatoms. The van der Waals surface area contributed by atoms with E-state index in [2.05, 4.69) is 38.1 Å². The van der Waals surface area contributed by atoms with Crippen molar-refractivity contribution in [2.75, 3.05) is 72.0 Å². The maximum absolute atomic E-state index is 12.1. The van der Waals surface area contributed by atoms with Crippen LogP contribution in [0.1, 0.15) is 37.3 Å². The largest absolute Gasteiger partial charge is 0.369 e. The number of carbonyl (C=O) groups excluding carboxylic acids is 4. The van der Waals surface area contributed by atoms with Gasteiger partial charge in [-0.1, -0.05) is 38.1 Å². The van der Waals surface area contributed by atoms with Crippen LogP contribution in [-0.2, 0) is 25.6 Å². The average Bonchev–Trinajstić information content (AvgIpc) is 2.85. The summed E-state index contributed by atoms with van der Waals surface area (Å²) < 4.78 is 0. The third-order valence-electron chi connectivity index (χ3n) is 7.28. The van der Waals surface area contributed by atoms with E-state index in [1.54, 1.807) is 0 Å². The number of benzene rings is 1. The van der Waals surface area contributed by atoms with Crippen molar-refractivity contribution in [3.05, 3.63) is 35.4 Å². The van der Waals surface area contributed by atoms with Crippen molar-refractivity contribution in [3.63, 3.8) is 0 Å². The highest BCUT2D eigenvalue weighted by Crippen LogP contribution is 2.20. The second-order valence-corrected chi connectivity index (χ2v) is 10.5. The van der Waals surface area contributed by atoms with Gasteiger partial charge in [0.1, 0.15) is 0 Å². The van der Waals surface area contributed by atoms with Crippen LogP contribution in [0, 0.1) is 0 Å². The molecule has 0 radical (unpaired) electrons. The van der Waals surface area contributed by atoms with Gasteiger partial charge in [-0.05, 0) is 29.9 Å². The van der Waals surface area contributed by atoms with Crippen LogP contribution < -0.4 is 22.9 Å². The monoisotopic (exact) mass is 546 g/mol. The Morgan fingerprint density at radius 2 is 1.15 bits per heavy atom. The number of nitrogens with two attached hydrogens (primary N) is 4. The Hall–Kier alpha value is -3.06. The van der Waals surface area contributed by atoms with Crippen LogP contribution in [0.2, 0.25) is 0 Å². The average molecular weight is 547 g/mol. The summed E-state index contributed by atoms with van der Waals surface area (Å²) in [6, 6.07) is 8.30. The fourth-order valence-electron chi connectivity index (χ4n) is 4.96. The third-order valence-corrected chi connectivity index (χ3v) is 7.28. The SMILES string of the molecule is CCC(C)c1ccc(CC2CN(CC(N)=O)CCN(CC(N)=O)CCN(CC(N)=O)CCN2CC(N)=O)cc1. The molecule has 0 bridgehead atoms. The summed E-state index contributed by atoms with van der Waals surface area (Å²) in [5.74, 6) is -1.40. The van der Waals surface area contributed by atoms with E-state index in [1.165, 1.54) is 5.56 Å². The highest BCUT2D eigenvalue weighted by atomic mass is 16.2. The first kappa shape index (κ1) is 32.2. The van der Waals surface area contributed by atoms with Crippen LogP contribution in [0.3, 0.4) is 0 Å². The molecule has 2 rings (SSSR count). The van der Waals surface area contributed by atoms with Crippen LogP contribution in [0.25, 0.3) is 0 Å². The molecule has 8 N–H and O–H groups in total. The predicted molar refractivity (Wildman–Crippen MR) is 150 cm³/mol. The fourth-order valence-corrected chi connectivity index (χ4v) is 4.96. The number of rotatable bonds is 12. The number of nitrogens with zero attached hydrogens (tertiary/aromatic N) is 4. The van der Waals surface area contributed by atoms with Crippen LogP contribution >= 0.6 is 0 Å². The smallest absolute Gasteiger partial charge is 0.231 e. The van der Waals surface area contributed by atoms with Crippen molar-refractivity contribution in [1.29, 1.82) is 0 Å². The Kier molecular flexibility index (Phi) is 13.3. The molecular weight excluding hydrogens is 500 g/mol. The molecule has 0 spiro atoms. The molecule has 0 saturated carbocycles. The van der Waals surface area contributed by atoms with Gasteiger partial charge in [-0.3, -0.25) is 38.8 Å². The molecule has 1 aromatic carbocycles. The van der Waals surface area contributed by atoms with E-state index < -0.39 is 23.6 Å². The van der Waals surface area contributed by atoms with Crippen molar-refractivity contribution in [1.82, 2.24) is 19.6 Å². The van der Waals surface area contributed by atoms with E-state index in [1.807, 2.05) is 19.6 Å². The summed E-state index contributed by atoms with van der Waals surface area (Å²) >= 11 is 0. The van der Waals surface area contributed by atoms with Crippen LogP contribution in [0.4, 0.5) is 0 Å². The maximum Gasteiger partial charge on any atom is 0.231 e. The number of carbonyl (C=O) groups is 4. The quantitative estimate of drug-likeness (QED) is 0.238. The van der Waals surface area contributed by atoms with Gasteiger partial charge in [-0.2, -0.15) is 0 Å². The zero-order valence-electron chi connectivity index (χ0n) is 23.4. The Balaban J connectivity index is 2.40. The Morgan fingerprint density at radius 3 is 1.62 bits per heavy atom. The minimum atomic E-state index is -0.464. The van der Waals surface area contributed by atoms with E-state index in [0.29, 0.717) is 58.2 Å². The second kappa shape index (κ2) is 16.1. The lowest BCUT2D eigenvalue weighted by Crippen LogP contribution is -2.54. The van der Waals surface area contributed by atoms with Gasteiger partial charge in [0, 0.05) is 51.9 Å². The van der Waals surface area contributed by atoms with Gasteiger partial charge in [-0.25, -0.2) is 0 Å². The van der Waals surface area contributed by atoms with Gasteiger partial charge in [0.15, 0.2) is 0 Å². The molecule has 0 aliphatic carbocycles. The van der Waals surface area contributed by atoms with E-state index in [4.69, 9.17) is 22.9 Å². The minimum absolute atomic E-state index is 0.0260. The molecule has 1 saturated heterocycles. The molecule has 1 fully saturated rings. The van der Waals surface area contributed by atoms with Gasteiger partial charge >= 0.3 is 0 Å². The lowest BCUT2D eigenvalue weighted by Gasteiger charge is -2.38. The molecule has 0 aromatic heterocycles. The zero-order valence-corrected chi connectivity index (χ0v) is 23.4. The molecule has 1 aromatic rings. The summed E-state index contributed by atoms with van der Waals surface area (Å²) in [6.45, 7) is 7.73. The Bertz CT molecular complexity index is 958. The molecule has 1 heterocycles. The van der Waals surface area contributed by atoms with Crippen molar-refractivity contribution < 1.29 is 19.2 Å². The summed E-state index contributed by atoms with van der Waals surface area (Å²) in [5, 5.41) is 0. The van der Waals surface area contributed by atoms with E-state index in [9.17, 15) is 19.2 Å². The summed E-state index contributed by atoms with van der Waals surface area (Å²) in [4.78, 5) is 55.3. The van der Waals surface area contributed by atoms with Gasteiger partial charge in [-0.15, -0.1) is 0 Å². The second-order valence-electron chi connectivity index (χ2n) is 10.5. The van der Waals surface area contributed by atoms with Crippen LogP contribution in [0.5, 0.6) is 0 Å². The molecule has 218 valence electrons. The first-order valence-electron chi connectivity index (χ1n) is 13.6. The zero-order chi connectivity index (χ0) is 28.9. The van der Waals surface area contributed by atoms with Crippen LogP contribution in [-0.4, -0.2) is 121 Å². The van der Waals surface area contributed by atoms with Crippen molar-refractivity contribution >= 4 is 23.6 Å². The predicted octanol–water partition coefficient (Wildman–Crippen LogP) is -1.73. The van der Waals surface area contributed by atoms with Gasteiger partial charge in [0.05, 0.1) is 26.2 Å². The summed E-state index contributed by atoms with van der Waals surface area (Å²) in [5.41, 5.74) is 24.6. The van der Waals surface area contributed by atoms with Gasteiger partial charge in [0.25, 0.3) is 0 Å². The third kappa shape index (κ3) is 12.1. The van der Waals surface area contributed by atoms with Gasteiger partial charge < -0.3 is 22.9 Å². The molecule has 2 unspecified atom stereocenters. The van der Waals surface area contributed by atoms with Gasteiger partial charge in [0.2, 0.25) is 23.6 Å². The molecular formula is C27H46N8O4. The maximum atomic E-state index is 12.1. The molecule has 12 nitrogen and oxygen atoms in total. The fraction of sp³-hybridized carbons (Fsp3) is 0.630. The molecule has 1 aliphatic heterocycles. The lowest BCUT2D eigenvalue weighted by molar-refractivity contribution is -0.122. The highest BCUT2D eigenvalue weighted by Gasteiger charge is 2.26. The molecule has 4 amide bonds. The number of hydrogen-bond acceptors (Lipinski definition) is 8. The van der Waals surface area contributed by atoms with Crippen molar-refractivity contribution in [3.8, 4) is 0 Å². The van der Waals surface area contributed by atoms with E-state index in [0.717, 1.165) is 12.0 Å².